The molecule has 1 fully saturated rings. The van der Waals surface area contributed by atoms with Crippen molar-refractivity contribution in [2.75, 3.05) is 26.7 Å². The van der Waals surface area contributed by atoms with E-state index in [1.807, 2.05) is 0 Å². The first-order valence-corrected chi connectivity index (χ1v) is 9.86. The second kappa shape index (κ2) is 9.27. The number of carbonyl (C=O) groups is 1. The summed E-state index contributed by atoms with van der Waals surface area (Å²) < 4.78 is 26.2. The van der Waals surface area contributed by atoms with E-state index >= 15 is 4.39 Å². The molecule has 1 unspecified atom stereocenters. The molecule has 3 rings (SSSR count). The quantitative estimate of drug-likeness (QED) is 0.678. The zero-order chi connectivity index (χ0) is 20.1. The molecule has 0 bridgehead atoms. The van der Waals surface area contributed by atoms with Gasteiger partial charge in [-0.25, -0.2) is 4.39 Å². The van der Waals surface area contributed by atoms with Gasteiger partial charge in [-0.15, -0.1) is 0 Å². The molecule has 152 valence electrons. The van der Waals surface area contributed by atoms with Crippen LogP contribution in [-0.2, 0) is 11.3 Å². The number of halogens is 3. The normalized spacial score (nSPS) is 17.3. The Labute approximate surface area is 173 Å². The van der Waals surface area contributed by atoms with Gasteiger partial charge in [0.1, 0.15) is 18.1 Å². The van der Waals surface area contributed by atoms with Crippen LogP contribution in [0.4, 0.5) is 4.39 Å². The molecule has 2 aromatic rings. The largest absolute Gasteiger partial charge is 0.460 e. The van der Waals surface area contributed by atoms with Crippen LogP contribution >= 0.6 is 23.2 Å². The van der Waals surface area contributed by atoms with Crippen LogP contribution in [0.2, 0.25) is 10.0 Å². The number of methoxy groups -OCH3 is 1. The molecular weight excluding hydrogens is 406 g/mol. The average molecular weight is 429 g/mol. The second-order valence-corrected chi connectivity index (χ2v) is 7.93. The van der Waals surface area contributed by atoms with Crippen molar-refractivity contribution in [3.05, 3.63) is 57.5 Å². The Balaban J connectivity index is 1.76. The summed E-state index contributed by atoms with van der Waals surface area (Å²) in [6.45, 7) is 1.81. The standard InChI is InChI=1S/C20H23Cl2FN2O3/c1-27-11-16-2-3-17(28-16)18(23)20(4-6-24-7-5-20)12-25-19(26)13-8-14(21)10-15(22)9-13/h2-3,8-10,18,24H,4-7,11-12H2,1H3,(H,25,26). The van der Waals surface area contributed by atoms with Gasteiger partial charge in [-0.3, -0.25) is 4.79 Å². The Morgan fingerprint density at radius 2 is 1.96 bits per heavy atom. The number of nitrogens with one attached hydrogen (secondary N) is 2. The van der Waals surface area contributed by atoms with E-state index in [0.29, 0.717) is 47.3 Å². The van der Waals surface area contributed by atoms with E-state index in [9.17, 15) is 4.79 Å². The molecule has 8 heteroatoms. The van der Waals surface area contributed by atoms with Crippen LogP contribution in [0.5, 0.6) is 0 Å². The third-order valence-electron chi connectivity index (χ3n) is 5.08. The molecule has 1 atom stereocenters. The number of ether oxygens (including phenoxy) is 1. The van der Waals surface area contributed by atoms with Crippen molar-refractivity contribution in [3.8, 4) is 0 Å². The third-order valence-corrected chi connectivity index (χ3v) is 5.52. The summed E-state index contributed by atoms with van der Waals surface area (Å²) >= 11 is 11.9. The lowest BCUT2D eigenvalue weighted by Crippen LogP contribution is -2.47. The number of rotatable bonds is 7. The highest BCUT2D eigenvalue weighted by Crippen LogP contribution is 2.44. The van der Waals surface area contributed by atoms with Crippen molar-refractivity contribution >= 4 is 29.1 Å². The highest BCUT2D eigenvalue weighted by atomic mass is 35.5. The van der Waals surface area contributed by atoms with Crippen LogP contribution in [0, 0.1) is 5.41 Å². The molecule has 1 amide bonds. The van der Waals surface area contributed by atoms with Gasteiger partial charge in [-0.1, -0.05) is 23.2 Å². The SMILES string of the molecule is COCc1ccc(C(F)C2(CNC(=O)c3cc(Cl)cc(Cl)c3)CCNCC2)o1. The molecule has 0 saturated carbocycles. The van der Waals surface area contributed by atoms with E-state index in [2.05, 4.69) is 10.6 Å². The van der Waals surface area contributed by atoms with Gasteiger partial charge in [0.25, 0.3) is 5.91 Å². The fourth-order valence-corrected chi connectivity index (χ4v) is 4.07. The van der Waals surface area contributed by atoms with Crippen LogP contribution in [0.3, 0.4) is 0 Å². The lowest BCUT2D eigenvalue weighted by molar-refractivity contribution is 0.0457. The van der Waals surface area contributed by atoms with Gasteiger partial charge >= 0.3 is 0 Å². The molecule has 28 heavy (non-hydrogen) atoms. The summed E-state index contributed by atoms with van der Waals surface area (Å²) in [5.41, 5.74) is -0.414. The van der Waals surface area contributed by atoms with Gasteiger partial charge in [-0.05, 0) is 56.3 Å². The molecular formula is C20H23Cl2FN2O3. The van der Waals surface area contributed by atoms with Crippen LogP contribution < -0.4 is 10.6 Å². The highest BCUT2D eigenvalue weighted by Gasteiger charge is 2.43. The molecule has 5 nitrogen and oxygen atoms in total. The summed E-state index contributed by atoms with van der Waals surface area (Å²) in [6, 6.07) is 7.98. The van der Waals surface area contributed by atoms with Gasteiger partial charge in [0.2, 0.25) is 0 Å². The van der Waals surface area contributed by atoms with Crippen molar-refractivity contribution in [1.82, 2.24) is 10.6 Å². The van der Waals surface area contributed by atoms with Crippen molar-refractivity contribution in [1.29, 1.82) is 0 Å². The number of hydrogen-bond acceptors (Lipinski definition) is 4. The lowest BCUT2D eigenvalue weighted by atomic mass is 9.74. The topological polar surface area (TPSA) is 63.5 Å². The monoisotopic (exact) mass is 428 g/mol. The molecule has 0 aliphatic carbocycles. The number of furan rings is 1. The summed E-state index contributed by atoms with van der Waals surface area (Å²) in [5, 5.41) is 6.84. The number of amides is 1. The van der Waals surface area contributed by atoms with Crippen molar-refractivity contribution in [3.63, 3.8) is 0 Å². The van der Waals surface area contributed by atoms with Crippen LogP contribution in [0.1, 0.15) is 40.9 Å². The minimum absolute atomic E-state index is 0.180. The maximum atomic E-state index is 15.6. The maximum absolute atomic E-state index is 15.6. The van der Waals surface area contributed by atoms with E-state index < -0.39 is 11.6 Å². The van der Waals surface area contributed by atoms with Gasteiger partial charge in [0.15, 0.2) is 6.17 Å². The van der Waals surface area contributed by atoms with Gasteiger partial charge in [-0.2, -0.15) is 0 Å². The number of carbonyl (C=O) groups excluding carboxylic acids is 1. The Morgan fingerprint density at radius 3 is 2.61 bits per heavy atom. The molecule has 1 aliphatic heterocycles. The maximum Gasteiger partial charge on any atom is 0.251 e. The zero-order valence-electron chi connectivity index (χ0n) is 15.6. The van der Waals surface area contributed by atoms with E-state index in [0.717, 1.165) is 0 Å². The fraction of sp³-hybridized carbons (Fsp3) is 0.450. The molecule has 1 aromatic carbocycles. The molecule has 2 N–H and O–H groups in total. The van der Waals surface area contributed by atoms with E-state index in [4.69, 9.17) is 32.4 Å². The number of piperidine rings is 1. The number of alkyl halides is 1. The van der Waals surface area contributed by atoms with Gasteiger partial charge in [0.05, 0.1) is 0 Å². The lowest BCUT2D eigenvalue weighted by Gasteiger charge is -2.39. The van der Waals surface area contributed by atoms with Gasteiger partial charge < -0.3 is 19.8 Å². The van der Waals surface area contributed by atoms with Crippen molar-refractivity contribution in [2.45, 2.75) is 25.6 Å². The second-order valence-electron chi connectivity index (χ2n) is 7.05. The predicted octanol–water partition coefficient (Wildman–Crippen LogP) is 4.54. The molecule has 0 spiro atoms. The first-order chi connectivity index (χ1) is 13.4. The highest BCUT2D eigenvalue weighted by molar-refractivity contribution is 6.35. The number of hydrogen-bond donors (Lipinski definition) is 2. The summed E-state index contributed by atoms with van der Waals surface area (Å²) in [7, 11) is 1.56. The van der Waals surface area contributed by atoms with Crippen molar-refractivity contribution < 1.29 is 18.3 Å². The van der Waals surface area contributed by atoms with Crippen molar-refractivity contribution in [2.24, 2.45) is 5.41 Å². The zero-order valence-corrected chi connectivity index (χ0v) is 17.1. The summed E-state index contributed by atoms with van der Waals surface area (Å²) in [5.74, 6) is 0.491. The fourth-order valence-electron chi connectivity index (χ4n) is 3.54. The Kier molecular flexibility index (Phi) is 6.99. The molecule has 0 radical (unpaired) electrons. The molecule has 1 aliphatic rings. The summed E-state index contributed by atoms with van der Waals surface area (Å²) in [4.78, 5) is 12.6. The Bertz CT molecular complexity index is 801. The Hall–Kier alpha value is -1.60. The molecule has 1 saturated heterocycles. The summed E-state index contributed by atoms with van der Waals surface area (Å²) in [6.07, 6.45) is -0.195. The first-order valence-electron chi connectivity index (χ1n) is 9.10. The number of benzene rings is 1. The van der Waals surface area contributed by atoms with E-state index in [-0.39, 0.29) is 24.8 Å². The smallest absolute Gasteiger partial charge is 0.251 e. The van der Waals surface area contributed by atoms with Crippen LogP contribution in [-0.4, -0.2) is 32.7 Å². The Morgan fingerprint density at radius 1 is 1.29 bits per heavy atom. The first kappa shape index (κ1) is 21.1. The average Bonchev–Trinajstić information content (AvgIpc) is 3.14. The molecule has 2 heterocycles. The third kappa shape index (κ3) is 4.87. The minimum atomic E-state index is -1.34. The van der Waals surface area contributed by atoms with E-state index in [1.54, 1.807) is 25.3 Å². The van der Waals surface area contributed by atoms with Crippen LogP contribution in [0.15, 0.2) is 34.7 Å². The van der Waals surface area contributed by atoms with E-state index in [1.165, 1.54) is 12.1 Å². The van der Waals surface area contributed by atoms with Gasteiger partial charge in [0, 0.05) is 34.7 Å². The van der Waals surface area contributed by atoms with Crippen LogP contribution in [0.25, 0.3) is 0 Å². The minimum Gasteiger partial charge on any atom is -0.460 e. The predicted molar refractivity (Wildman–Crippen MR) is 107 cm³/mol. The molecule has 1 aromatic heterocycles.